The molecule has 7 nitrogen and oxygen atoms in total. The maximum Gasteiger partial charge on any atom is 0.228 e. The van der Waals surface area contributed by atoms with Crippen LogP contribution in [-0.4, -0.2) is 52.2 Å². The zero-order valence-corrected chi connectivity index (χ0v) is 14.4. The van der Waals surface area contributed by atoms with E-state index in [-0.39, 0.29) is 18.4 Å². The Morgan fingerprint density at radius 1 is 1.26 bits per heavy atom. The molecule has 1 aliphatic rings. The van der Waals surface area contributed by atoms with Gasteiger partial charge in [0, 0.05) is 24.8 Å². The van der Waals surface area contributed by atoms with E-state index in [4.69, 9.17) is 9.47 Å². The van der Waals surface area contributed by atoms with Gasteiger partial charge in [-0.2, -0.15) is 0 Å². The molecule has 0 aromatic heterocycles. The number of amides is 1. The highest BCUT2D eigenvalue weighted by Crippen LogP contribution is 2.30. The van der Waals surface area contributed by atoms with Crippen LogP contribution in [0, 0.1) is 5.92 Å². The number of benzene rings is 1. The molecule has 0 radical (unpaired) electrons. The Labute approximate surface area is 136 Å². The van der Waals surface area contributed by atoms with Crippen molar-refractivity contribution < 1.29 is 22.7 Å². The third-order valence-electron chi connectivity index (χ3n) is 3.88. The van der Waals surface area contributed by atoms with Crippen molar-refractivity contribution in [2.45, 2.75) is 12.8 Å². The second-order valence-electron chi connectivity index (χ2n) is 5.52. The zero-order valence-electron chi connectivity index (χ0n) is 13.5. The minimum atomic E-state index is -3.27. The summed E-state index contributed by atoms with van der Waals surface area (Å²) in [5, 5.41) is 2.81. The molecule has 0 unspecified atom stereocenters. The van der Waals surface area contributed by atoms with E-state index in [1.807, 2.05) is 0 Å². The lowest BCUT2D eigenvalue weighted by atomic mass is 9.98. The first-order chi connectivity index (χ1) is 10.8. The summed E-state index contributed by atoms with van der Waals surface area (Å²) < 4.78 is 35.0. The van der Waals surface area contributed by atoms with Crippen LogP contribution in [0.15, 0.2) is 18.2 Å². The van der Waals surface area contributed by atoms with Gasteiger partial charge < -0.3 is 14.8 Å². The van der Waals surface area contributed by atoms with Crippen LogP contribution >= 0.6 is 0 Å². The van der Waals surface area contributed by atoms with Crippen LogP contribution in [-0.2, 0) is 14.8 Å². The Morgan fingerprint density at radius 3 is 2.57 bits per heavy atom. The molecular formula is C15H22N2O5S. The van der Waals surface area contributed by atoms with Crippen molar-refractivity contribution in [3.8, 4) is 11.5 Å². The highest BCUT2D eigenvalue weighted by atomic mass is 32.2. The lowest BCUT2D eigenvalue weighted by Crippen LogP contribution is -2.43. The first kappa shape index (κ1) is 17.6. The molecule has 0 spiro atoms. The van der Waals surface area contributed by atoms with Gasteiger partial charge in [0.15, 0.2) is 11.5 Å². The number of rotatable bonds is 5. The van der Waals surface area contributed by atoms with Gasteiger partial charge in [-0.1, -0.05) is 0 Å². The van der Waals surface area contributed by atoms with E-state index in [9.17, 15) is 13.2 Å². The van der Waals surface area contributed by atoms with Crippen molar-refractivity contribution in [1.29, 1.82) is 0 Å². The lowest BCUT2D eigenvalue weighted by Gasteiger charge is -2.30. The van der Waals surface area contributed by atoms with Gasteiger partial charge in [0.1, 0.15) is 0 Å². The van der Waals surface area contributed by atoms with Gasteiger partial charge in [0.05, 0.1) is 26.4 Å². The molecular weight excluding hydrogens is 320 g/mol. The molecule has 0 saturated carbocycles. The second-order valence-corrected chi connectivity index (χ2v) is 7.50. The summed E-state index contributed by atoms with van der Waals surface area (Å²) in [6.45, 7) is 0.691. The smallest absolute Gasteiger partial charge is 0.228 e. The molecule has 1 saturated heterocycles. The Morgan fingerprint density at radius 2 is 1.96 bits per heavy atom. The van der Waals surface area contributed by atoms with Crippen molar-refractivity contribution in [2.75, 3.05) is 38.9 Å². The molecule has 1 N–H and O–H groups in total. The number of hydrogen-bond acceptors (Lipinski definition) is 5. The average molecular weight is 342 g/mol. The molecule has 2 rings (SSSR count). The van der Waals surface area contributed by atoms with Gasteiger partial charge in [-0.15, -0.1) is 0 Å². The largest absolute Gasteiger partial charge is 0.493 e. The molecule has 1 aromatic carbocycles. The van der Waals surface area contributed by atoms with Crippen LogP contribution in [0.2, 0.25) is 0 Å². The molecule has 0 aliphatic carbocycles. The molecule has 1 fully saturated rings. The maximum absolute atomic E-state index is 12.4. The molecule has 23 heavy (non-hydrogen) atoms. The molecule has 8 heteroatoms. The number of methoxy groups -OCH3 is 2. The fourth-order valence-electron chi connectivity index (χ4n) is 2.62. The van der Waals surface area contributed by atoms with Crippen LogP contribution in [0.5, 0.6) is 11.5 Å². The van der Waals surface area contributed by atoms with Gasteiger partial charge in [-0.3, -0.25) is 4.79 Å². The van der Waals surface area contributed by atoms with Gasteiger partial charge >= 0.3 is 0 Å². The van der Waals surface area contributed by atoms with E-state index in [1.165, 1.54) is 24.8 Å². The quantitative estimate of drug-likeness (QED) is 0.872. The van der Waals surface area contributed by atoms with E-state index in [0.29, 0.717) is 36.6 Å². The van der Waals surface area contributed by atoms with Gasteiger partial charge in [0.2, 0.25) is 15.9 Å². The number of carbonyl (C=O) groups excluding carboxylic acids is 1. The van der Waals surface area contributed by atoms with Crippen LogP contribution in [0.4, 0.5) is 5.69 Å². The van der Waals surface area contributed by atoms with E-state index in [0.717, 1.165) is 0 Å². The van der Waals surface area contributed by atoms with Gasteiger partial charge in [-0.25, -0.2) is 12.7 Å². The molecule has 1 aliphatic heterocycles. The maximum atomic E-state index is 12.4. The van der Waals surface area contributed by atoms with Crippen LogP contribution in [0.3, 0.4) is 0 Å². The van der Waals surface area contributed by atoms with Crippen molar-refractivity contribution in [3.05, 3.63) is 18.2 Å². The number of anilines is 1. The lowest BCUT2D eigenvalue weighted by molar-refractivity contribution is -0.120. The average Bonchev–Trinajstić information content (AvgIpc) is 2.54. The summed E-state index contributed by atoms with van der Waals surface area (Å²) in [4.78, 5) is 12.4. The van der Waals surface area contributed by atoms with Crippen LogP contribution < -0.4 is 14.8 Å². The van der Waals surface area contributed by atoms with Crippen molar-refractivity contribution in [3.63, 3.8) is 0 Å². The standard InChI is InChI=1S/C15H22N2O5S/c1-21-13-7-6-12(9-14(13)22-2)16-15(18)11-5-4-8-17(10-11)23(3,19)20/h6-7,9,11H,4-5,8,10H2,1-3H3,(H,16,18)/t11-/m0/s1. The Hall–Kier alpha value is -1.80. The summed E-state index contributed by atoms with van der Waals surface area (Å²) in [7, 11) is -0.206. The summed E-state index contributed by atoms with van der Waals surface area (Å²) in [6, 6.07) is 5.10. The van der Waals surface area contributed by atoms with E-state index in [2.05, 4.69) is 5.32 Å². The SMILES string of the molecule is COc1ccc(NC(=O)[C@H]2CCCN(S(C)(=O)=O)C2)cc1OC. The molecule has 128 valence electrons. The topological polar surface area (TPSA) is 84.9 Å². The molecule has 0 bridgehead atoms. The fraction of sp³-hybridized carbons (Fsp3) is 0.533. The van der Waals surface area contributed by atoms with E-state index >= 15 is 0 Å². The number of sulfonamides is 1. The number of nitrogens with one attached hydrogen (secondary N) is 1. The summed E-state index contributed by atoms with van der Waals surface area (Å²) >= 11 is 0. The monoisotopic (exact) mass is 342 g/mol. The Balaban J connectivity index is 2.07. The summed E-state index contributed by atoms with van der Waals surface area (Å²) in [6.07, 6.45) is 2.52. The fourth-order valence-corrected chi connectivity index (χ4v) is 3.53. The number of hydrogen-bond donors (Lipinski definition) is 1. The predicted molar refractivity (Wildman–Crippen MR) is 87.3 cm³/mol. The second kappa shape index (κ2) is 7.18. The van der Waals surface area contributed by atoms with Crippen LogP contribution in [0.25, 0.3) is 0 Å². The number of carbonyl (C=O) groups is 1. The van der Waals surface area contributed by atoms with Crippen LogP contribution in [0.1, 0.15) is 12.8 Å². The predicted octanol–water partition coefficient (Wildman–Crippen LogP) is 1.31. The number of piperidine rings is 1. The Bertz CT molecular complexity index is 674. The van der Waals surface area contributed by atoms with Gasteiger partial charge in [-0.05, 0) is 25.0 Å². The highest BCUT2D eigenvalue weighted by Gasteiger charge is 2.30. The number of nitrogens with zero attached hydrogens (tertiary/aromatic N) is 1. The minimum Gasteiger partial charge on any atom is -0.493 e. The molecule has 1 aromatic rings. The van der Waals surface area contributed by atoms with Crippen molar-refractivity contribution in [2.24, 2.45) is 5.92 Å². The Kier molecular flexibility index (Phi) is 5.48. The summed E-state index contributed by atoms with van der Waals surface area (Å²) in [5.74, 6) is 0.551. The van der Waals surface area contributed by atoms with Crippen molar-refractivity contribution >= 4 is 21.6 Å². The van der Waals surface area contributed by atoms with Crippen molar-refractivity contribution in [1.82, 2.24) is 4.31 Å². The minimum absolute atomic E-state index is 0.189. The zero-order chi connectivity index (χ0) is 17.0. The first-order valence-electron chi connectivity index (χ1n) is 7.33. The third-order valence-corrected chi connectivity index (χ3v) is 5.14. The number of ether oxygens (including phenoxy) is 2. The van der Waals surface area contributed by atoms with Gasteiger partial charge in [0.25, 0.3) is 0 Å². The third kappa shape index (κ3) is 4.35. The first-order valence-corrected chi connectivity index (χ1v) is 9.18. The molecule has 1 amide bonds. The summed E-state index contributed by atoms with van der Waals surface area (Å²) in [5.41, 5.74) is 0.587. The molecule has 1 heterocycles. The highest BCUT2D eigenvalue weighted by molar-refractivity contribution is 7.88. The van der Waals surface area contributed by atoms with E-state index in [1.54, 1.807) is 18.2 Å². The van der Waals surface area contributed by atoms with E-state index < -0.39 is 10.0 Å². The molecule has 1 atom stereocenters. The normalized spacial score (nSPS) is 19.2.